The van der Waals surface area contributed by atoms with Gasteiger partial charge in [-0.2, -0.15) is 0 Å². The van der Waals surface area contributed by atoms with Gasteiger partial charge in [0.25, 0.3) is 0 Å². The average molecular weight is 451 g/mol. The number of rotatable bonds is 7. The highest BCUT2D eigenvalue weighted by atomic mass is 16.4. The quantitative estimate of drug-likeness (QED) is 0.192. The summed E-state index contributed by atoms with van der Waals surface area (Å²) in [6.07, 6.45) is 2.25. The minimum Gasteiger partial charge on any atom is -0.478 e. The Morgan fingerprint density at radius 3 is 2.12 bits per heavy atom. The molecule has 34 heavy (non-hydrogen) atoms. The van der Waals surface area contributed by atoms with Gasteiger partial charge in [0, 0.05) is 29.8 Å². The second-order valence-corrected chi connectivity index (χ2v) is 8.35. The van der Waals surface area contributed by atoms with Gasteiger partial charge in [-0.05, 0) is 65.9 Å². The van der Waals surface area contributed by atoms with Gasteiger partial charge < -0.3 is 10.3 Å². The van der Waals surface area contributed by atoms with E-state index in [-0.39, 0.29) is 11.5 Å². The molecule has 170 valence electrons. The molecule has 4 aromatic rings. The summed E-state index contributed by atoms with van der Waals surface area (Å²) in [4.78, 5) is 15.4. The summed E-state index contributed by atoms with van der Waals surface area (Å²) >= 11 is 0. The van der Waals surface area contributed by atoms with Crippen molar-refractivity contribution in [3.63, 3.8) is 0 Å². The monoisotopic (exact) mass is 450 g/mol. The third-order valence-corrected chi connectivity index (χ3v) is 6.09. The third kappa shape index (κ3) is 5.04. The van der Waals surface area contributed by atoms with Crippen LogP contribution < -0.4 is 0 Å². The van der Waals surface area contributed by atoms with Gasteiger partial charge in [0.1, 0.15) is 0 Å². The lowest BCUT2D eigenvalue weighted by atomic mass is 9.83. The standard InChI is InChI=1S/C29H26N2O3/c1-19-5-3-4-6-26(19)27(18-28(31-34)25-15-16-30-20(2)17-25)23-11-7-21(8-12-23)22-9-13-24(14-10-22)29(32)33/h3-17,27,34H,18H2,1-2H3,(H,32,33)/t27-/m1/s1. The molecule has 0 spiro atoms. The van der Waals surface area contributed by atoms with Crippen LogP contribution in [0, 0.1) is 13.8 Å². The number of aryl methyl sites for hydroxylation is 2. The number of aromatic nitrogens is 1. The Morgan fingerprint density at radius 2 is 1.53 bits per heavy atom. The number of pyridine rings is 1. The zero-order valence-electron chi connectivity index (χ0n) is 19.1. The molecule has 0 unspecified atom stereocenters. The molecule has 0 bridgehead atoms. The van der Waals surface area contributed by atoms with E-state index in [0.29, 0.717) is 12.1 Å². The maximum atomic E-state index is 11.1. The van der Waals surface area contributed by atoms with Gasteiger partial charge in [-0.15, -0.1) is 0 Å². The van der Waals surface area contributed by atoms with Crippen molar-refractivity contribution in [2.75, 3.05) is 0 Å². The maximum absolute atomic E-state index is 11.1. The van der Waals surface area contributed by atoms with Crippen LogP contribution in [0.3, 0.4) is 0 Å². The van der Waals surface area contributed by atoms with Crippen LogP contribution in [-0.4, -0.2) is 27.0 Å². The fourth-order valence-electron chi connectivity index (χ4n) is 4.23. The Morgan fingerprint density at radius 1 is 0.882 bits per heavy atom. The topological polar surface area (TPSA) is 82.8 Å². The molecule has 2 N–H and O–H groups in total. The summed E-state index contributed by atoms with van der Waals surface area (Å²) in [5, 5.41) is 22.6. The summed E-state index contributed by atoms with van der Waals surface area (Å²) in [5.41, 5.74) is 7.99. The van der Waals surface area contributed by atoms with Crippen LogP contribution in [0.25, 0.3) is 11.1 Å². The van der Waals surface area contributed by atoms with E-state index < -0.39 is 5.97 Å². The second kappa shape index (κ2) is 10.1. The van der Waals surface area contributed by atoms with Crippen LogP contribution >= 0.6 is 0 Å². The molecule has 0 fully saturated rings. The zero-order valence-corrected chi connectivity index (χ0v) is 19.1. The van der Waals surface area contributed by atoms with Crippen molar-refractivity contribution in [2.45, 2.75) is 26.2 Å². The minimum absolute atomic E-state index is 0.0102. The van der Waals surface area contributed by atoms with Gasteiger partial charge in [-0.1, -0.05) is 65.8 Å². The number of benzene rings is 3. The Bertz CT molecular complexity index is 1330. The summed E-state index contributed by atoms with van der Waals surface area (Å²) in [6.45, 7) is 4.01. The Hall–Kier alpha value is -4.25. The Kier molecular flexibility index (Phi) is 6.83. The van der Waals surface area contributed by atoms with Crippen LogP contribution in [0.5, 0.6) is 0 Å². The second-order valence-electron chi connectivity index (χ2n) is 8.35. The van der Waals surface area contributed by atoms with Crippen molar-refractivity contribution < 1.29 is 15.1 Å². The van der Waals surface area contributed by atoms with Crippen LogP contribution in [-0.2, 0) is 0 Å². The van der Waals surface area contributed by atoms with Crippen LogP contribution in [0.4, 0.5) is 0 Å². The van der Waals surface area contributed by atoms with E-state index in [0.717, 1.165) is 27.9 Å². The van der Waals surface area contributed by atoms with Gasteiger partial charge in [0.2, 0.25) is 0 Å². The molecule has 5 heteroatoms. The van der Waals surface area contributed by atoms with Crippen molar-refractivity contribution in [3.05, 3.63) is 125 Å². The summed E-state index contributed by atoms with van der Waals surface area (Å²) in [6, 6.07) is 27.2. The molecule has 4 rings (SSSR count). The number of carbonyl (C=O) groups is 1. The highest BCUT2D eigenvalue weighted by molar-refractivity contribution is 6.01. The van der Waals surface area contributed by atoms with Crippen molar-refractivity contribution >= 4 is 11.7 Å². The van der Waals surface area contributed by atoms with E-state index in [1.54, 1.807) is 18.3 Å². The smallest absolute Gasteiger partial charge is 0.335 e. The number of hydrogen-bond acceptors (Lipinski definition) is 4. The number of oxime groups is 1. The average Bonchev–Trinajstić information content (AvgIpc) is 2.86. The van der Waals surface area contributed by atoms with Gasteiger partial charge >= 0.3 is 5.97 Å². The molecular weight excluding hydrogens is 424 g/mol. The third-order valence-electron chi connectivity index (χ3n) is 6.09. The van der Waals surface area contributed by atoms with E-state index in [1.165, 1.54) is 11.1 Å². The molecule has 0 saturated carbocycles. The zero-order chi connectivity index (χ0) is 24.1. The minimum atomic E-state index is -0.936. The maximum Gasteiger partial charge on any atom is 0.335 e. The van der Waals surface area contributed by atoms with Crippen LogP contribution in [0.1, 0.15) is 50.6 Å². The van der Waals surface area contributed by atoms with Gasteiger partial charge in [-0.25, -0.2) is 4.79 Å². The lowest BCUT2D eigenvalue weighted by molar-refractivity contribution is 0.0697. The molecule has 0 amide bonds. The fraction of sp³-hybridized carbons (Fsp3) is 0.138. The highest BCUT2D eigenvalue weighted by Gasteiger charge is 2.20. The first-order chi connectivity index (χ1) is 16.5. The summed E-state index contributed by atoms with van der Waals surface area (Å²) in [7, 11) is 0. The molecule has 5 nitrogen and oxygen atoms in total. The van der Waals surface area contributed by atoms with E-state index in [4.69, 9.17) is 5.11 Å². The SMILES string of the molecule is Cc1cc(C(C[C@H](c2ccc(-c3ccc(C(=O)O)cc3)cc2)c2ccccc2C)=NO)ccn1. The van der Waals surface area contributed by atoms with Crippen molar-refractivity contribution in [1.29, 1.82) is 0 Å². The molecule has 1 heterocycles. The summed E-state index contributed by atoms with van der Waals surface area (Å²) in [5.74, 6) is -0.947. The number of aromatic carboxylic acids is 1. The van der Waals surface area contributed by atoms with Crippen LogP contribution in [0.2, 0.25) is 0 Å². The van der Waals surface area contributed by atoms with Gasteiger partial charge in [-0.3, -0.25) is 4.98 Å². The largest absolute Gasteiger partial charge is 0.478 e. The number of hydrogen-bond donors (Lipinski definition) is 2. The molecular formula is C29H26N2O3. The summed E-state index contributed by atoms with van der Waals surface area (Å²) < 4.78 is 0. The molecule has 1 aromatic heterocycles. The Labute approximate surface area is 199 Å². The van der Waals surface area contributed by atoms with E-state index in [9.17, 15) is 10.0 Å². The predicted molar refractivity (Wildman–Crippen MR) is 134 cm³/mol. The van der Waals surface area contributed by atoms with Gasteiger partial charge in [0.15, 0.2) is 0 Å². The normalized spacial score (nSPS) is 12.4. The van der Waals surface area contributed by atoms with E-state index >= 15 is 0 Å². The molecule has 0 aliphatic carbocycles. The molecule has 0 saturated heterocycles. The van der Waals surface area contributed by atoms with Crippen molar-refractivity contribution in [1.82, 2.24) is 4.98 Å². The van der Waals surface area contributed by atoms with Crippen molar-refractivity contribution in [3.8, 4) is 11.1 Å². The van der Waals surface area contributed by atoms with Crippen molar-refractivity contribution in [2.24, 2.45) is 5.16 Å². The first kappa shape index (κ1) is 22.9. The molecule has 0 radical (unpaired) electrons. The molecule has 1 atom stereocenters. The lowest BCUT2D eigenvalue weighted by Crippen LogP contribution is -2.12. The van der Waals surface area contributed by atoms with Crippen LogP contribution in [0.15, 0.2) is 96.3 Å². The highest BCUT2D eigenvalue weighted by Crippen LogP contribution is 2.33. The number of carboxylic acid groups (broad SMARTS) is 1. The van der Waals surface area contributed by atoms with E-state index in [1.807, 2.05) is 55.5 Å². The number of carboxylic acids is 1. The molecule has 0 aliphatic heterocycles. The van der Waals surface area contributed by atoms with E-state index in [2.05, 4.69) is 41.3 Å². The Balaban J connectivity index is 1.69. The van der Waals surface area contributed by atoms with Gasteiger partial charge in [0.05, 0.1) is 11.3 Å². The molecule has 0 aliphatic rings. The lowest BCUT2D eigenvalue weighted by Gasteiger charge is -2.21. The predicted octanol–water partition coefficient (Wildman–Crippen LogP) is 6.46. The first-order valence-electron chi connectivity index (χ1n) is 11.1. The fourth-order valence-corrected chi connectivity index (χ4v) is 4.23. The number of nitrogens with zero attached hydrogens (tertiary/aromatic N) is 2. The molecule has 3 aromatic carbocycles. The first-order valence-corrected chi connectivity index (χ1v) is 11.1.